The van der Waals surface area contributed by atoms with Gasteiger partial charge in [-0.3, -0.25) is 4.79 Å². The molecule has 3 N–H and O–H groups in total. The molecule has 0 saturated carbocycles. The van der Waals surface area contributed by atoms with Gasteiger partial charge in [0.25, 0.3) is 0 Å². The molecule has 2 atom stereocenters. The first kappa shape index (κ1) is 25.8. The number of fused-ring (bicyclic) bond motifs is 1. The van der Waals surface area contributed by atoms with Crippen molar-refractivity contribution in [2.45, 2.75) is 29.2 Å². The molecule has 1 aliphatic rings. The van der Waals surface area contributed by atoms with E-state index in [0.717, 1.165) is 16.4 Å². The number of rotatable bonds is 12. The molecule has 9 heteroatoms. The SMILES string of the molecule is O=C(O)CC(NC(=O)N[C@@H](CSCc1ccccc1)CSc1ccccc1)c1ccc2c(c1)OCO2. The van der Waals surface area contributed by atoms with Gasteiger partial charge in [-0.05, 0) is 35.4 Å². The molecule has 0 saturated heterocycles. The number of hydrogen-bond acceptors (Lipinski definition) is 6. The average molecular weight is 525 g/mol. The lowest BCUT2D eigenvalue weighted by Gasteiger charge is -2.22. The van der Waals surface area contributed by atoms with Gasteiger partial charge in [-0.25, -0.2) is 4.79 Å². The van der Waals surface area contributed by atoms with E-state index in [1.165, 1.54) is 5.56 Å². The van der Waals surface area contributed by atoms with Gasteiger partial charge in [0, 0.05) is 28.2 Å². The van der Waals surface area contributed by atoms with Crippen LogP contribution in [0.25, 0.3) is 0 Å². The Morgan fingerprint density at radius 1 is 0.889 bits per heavy atom. The lowest BCUT2D eigenvalue weighted by molar-refractivity contribution is -0.137. The van der Waals surface area contributed by atoms with E-state index >= 15 is 0 Å². The zero-order valence-corrected chi connectivity index (χ0v) is 21.2. The number of thioether (sulfide) groups is 2. The summed E-state index contributed by atoms with van der Waals surface area (Å²) in [6.45, 7) is 0.123. The number of ether oxygens (including phenoxy) is 2. The summed E-state index contributed by atoms with van der Waals surface area (Å²) in [4.78, 5) is 25.7. The molecule has 188 valence electrons. The normalized spacial score (nSPS) is 13.6. The van der Waals surface area contributed by atoms with Crippen LogP contribution in [0.3, 0.4) is 0 Å². The molecule has 0 bridgehead atoms. The Balaban J connectivity index is 1.39. The fraction of sp³-hybridized carbons (Fsp3) is 0.259. The van der Waals surface area contributed by atoms with E-state index in [1.807, 2.05) is 48.5 Å². The van der Waals surface area contributed by atoms with Crippen molar-refractivity contribution in [1.82, 2.24) is 10.6 Å². The third-order valence-corrected chi connectivity index (χ3v) is 7.79. The van der Waals surface area contributed by atoms with Crippen LogP contribution in [-0.2, 0) is 10.5 Å². The topological polar surface area (TPSA) is 96.9 Å². The molecule has 1 unspecified atom stereocenters. The van der Waals surface area contributed by atoms with E-state index in [9.17, 15) is 14.7 Å². The molecule has 0 radical (unpaired) electrons. The van der Waals surface area contributed by atoms with Crippen LogP contribution < -0.4 is 20.1 Å². The zero-order valence-electron chi connectivity index (χ0n) is 19.6. The third-order valence-electron chi connectivity index (χ3n) is 5.44. The van der Waals surface area contributed by atoms with Gasteiger partial charge in [-0.2, -0.15) is 11.8 Å². The van der Waals surface area contributed by atoms with Gasteiger partial charge < -0.3 is 25.2 Å². The molecule has 1 aliphatic heterocycles. The van der Waals surface area contributed by atoms with Crippen LogP contribution in [-0.4, -0.2) is 41.4 Å². The van der Waals surface area contributed by atoms with Crippen LogP contribution >= 0.6 is 23.5 Å². The second kappa shape index (κ2) is 13.1. The first-order valence-electron chi connectivity index (χ1n) is 11.5. The van der Waals surface area contributed by atoms with Crippen molar-refractivity contribution in [3.05, 3.63) is 90.0 Å². The fourth-order valence-corrected chi connectivity index (χ4v) is 5.81. The van der Waals surface area contributed by atoms with E-state index < -0.39 is 18.0 Å². The van der Waals surface area contributed by atoms with Crippen LogP contribution in [0.1, 0.15) is 23.6 Å². The molecule has 0 aliphatic carbocycles. The smallest absolute Gasteiger partial charge is 0.315 e. The summed E-state index contributed by atoms with van der Waals surface area (Å²) < 4.78 is 10.8. The quantitative estimate of drug-likeness (QED) is 0.276. The molecule has 36 heavy (non-hydrogen) atoms. The van der Waals surface area contributed by atoms with E-state index in [0.29, 0.717) is 22.8 Å². The van der Waals surface area contributed by atoms with Crippen molar-refractivity contribution in [3.63, 3.8) is 0 Å². The lowest BCUT2D eigenvalue weighted by Crippen LogP contribution is -2.46. The highest BCUT2D eigenvalue weighted by atomic mass is 32.2. The molecule has 3 aromatic carbocycles. The number of hydrogen-bond donors (Lipinski definition) is 3. The Kier molecular flexibility index (Phi) is 9.40. The number of carbonyl (C=O) groups excluding carboxylic acids is 1. The van der Waals surface area contributed by atoms with Gasteiger partial charge in [0.2, 0.25) is 6.79 Å². The second-order valence-corrected chi connectivity index (χ2v) is 10.3. The molecule has 0 fully saturated rings. The predicted molar refractivity (Wildman–Crippen MR) is 143 cm³/mol. The molecule has 2 amide bonds. The zero-order chi connectivity index (χ0) is 25.2. The van der Waals surface area contributed by atoms with Crippen molar-refractivity contribution >= 4 is 35.5 Å². The van der Waals surface area contributed by atoms with Crippen molar-refractivity contribution in [2.24, 2.45) is 0 Å². The number of carboxylic acid groups (broad SMARTS) is 1. The summed E-state index contributed by atoms with van der Waals surface area (Å²) in [7, 11) is 0. The highest BCUT2D eigenvalue weighted by Gasteiger charge is 2.23. The summed E-state index contributed by atoms with van der Waals surface area (Å²) in [5.41, 5.74) is 1.87. The monoisotopic (exact) mass is 524 g/mol. The number of amides is 2. The summed E-state index contributed by atoms with van der Waals surface area (Å²) in [6.07, 6.45) is -0.251. The summed E-state index contributed by atoms with van der Waals surface area (Å²) in [6, 6.07) is 24.2. The maximum Gasteiger partial charge on any atom is 0.315 e. The van der Waals surface area contributed by atoms with Gasteiger partial charge in [0.05, 0.1) is 12.5 Å². The fourth-order valence-electron chi connectivity index (χ4n) is 3.68. The van der Waals surface area contributed by atoms with Crippen LogP contribution in [0.5, 0.6) is 11.5 Å². The third kappa shape index (κ3) is 7.86. The van der Waals surface area contributed by atoms with E-state index in [1.54, 1.807) is 41.7 Å². The Morgan fingerprint density at radius 2 is 1.61 bits per heavy atom. The second-order valence-electron chi connectivity index (χ2n) is 8.20. The van der Waals surface area contributed by atoms with E-state index in [-0.39, 0.29) is 19.3 Å². The van der Waals surface area contributed by atoms with Crippen molar-refractivity contribution in [3.8, 4) is 11.5 Å². The molecule has 7 nitrogen and oxygen atoms in total. The first-order chi connectivity index (χ1) is 17.6. The molecule has 1 heterocycles. The number of urea groups is 1. The maximum atomic E-state index is 13.0. The molecule has 0 aromatic heterocycles. The standard InChI is InChI=1S/C27H28N2O5S2/c30-26(31)14-23(20-11-12-24-25(13-20)34-18-33-24)29-27(32)28-21(17-36-22-9-5-2-6-10-22)16-35-15-19-7-3-1-4-8-19/h1-13,21,23H,14-18H2,(H,30,31)(H2,28,29,32)/t21-,23?/m0/s1. The summed E-state index contributed by atoms with van der Waals surface area (Å²) in [5.74, 6) is 2.38. The minimum atomic E-state index is -1.01. The van der Waals surface area contributed by atoms with Gasteiger partial charge in [-0.15, -0.1) is 11.8 Å². The highest BCUT2D eigenvalue weighted by molar-refractivity contribution is 8.00. The van der Waals surface area contributed by atoms with Gasteiger partial charge in [0.1, 0.15) is 0 Å². The minimum Gasteiger partial charge on any atom is -0.481 e. The average Bonchev–Trinajstić information content (AvgIpc) is 3.36. The molecular weight excluding hydrogens is 496 g/mol. The molecule has 4 rings (SSSR count). The van der Waals surface area contributed by atoms with Crippen LogP contribution in [0.2, 0.25) is 0 Å². The number of aliphatic carboxylic acids is 1. The van der Waals surface area contributed by atoms with Crippen molar-refractivity contribution in [1.29, 1.82) is 0 Å². The number of carboxylic acids is 1. The number of nitrogens with one attached hydrogen (secondary N) is 2. The van der Waals surface area contributed by atoms with Crippen LogP contribution in [0.4, 0.5) is 4.79 Å². The molecule has 0 spiro atoms. The molecule has 3 aromatic rings. The lowest BCUT2D eigenvalue weighted by atomic mass is 10.0. The minimum absolute atomic E-state index is 0.119. The van der Waals surface area contributed by atoms with E-state index in [2.05, 4.69) is 22.8 Å². The Labute approximate surface area is 219 Å². The largest absolute Gasteiger partial charge is 0.481 e. The number of benzene rings is 3. The van der Waals surface area contributed by atoms with Gasteiger partial charge >= 0.3 is 12.0 Å². The Hall–Kier alpha value is -3.30. The summed E-state index contributed by atoms with van der Waals surface area (Å²) in [5, 5.41) is 15.3. The molecular formula is C27H28N2O5S2. The summed E-state index contributed by atoms with van der Waals surface area (Å²) >= 11 is 3.43. The first-order valence-corrected chi connectivity index (χ1v) is 13.7. The highest BCUT2D eigenvalue weighted by Crippen LogP contribution is 2.34. The van der Waals surface area contributed by atoms with E-state index in [4.69, 9.17) is 9.47 Å². The van der Waals surface area contributed by atoms with Crippen LogP contribution in [0, 0.1) is 0 Å². The Morgan fingerprint density at radius 3 is 2.36 bits per heavy atom. The number of carbonyl (C=O) groups is 2. The van der Waals surface area contributed by atoms with Gasteiger partial charge in [0.15, 0.2) is 11.5 Å². The van der Waals surface area contributed by atoms with Crippen molar-refractivity contribution < 1.29 is 24.2 Å². The maximum absolute atomic E-state index is 13.0. The van der Waals surface area contributed by atoms with Crippen LogP contribution in [0.15, 0.2) is 83.8 Å². The van der Waals surface area contributed by atoms with Gasteiger partial charge in [-0.1, -0.05) is 54.6 Å². The Bertz CT molecular complexity index is 1150. The van der Waals surface area contributed by atoms with Crippen molar-refractivity contribution in [2.75, 3.05) is 18.3 Å². The predicted octanol–water partition coefficient (Wildman–Crippen LogP) is 5.32.